The Morgan fingerprint density at radius 3 is 1.79 bits per heavy atom. The van der Waals surface area contributed by atoms with Crippen molar-refractivity contribution in [3.63, 3.8) is 0 Å². The van der Waals surface area contributed by atoms with Crippen LogP contribution in [0.4, 0.5) is 0 Å². The van der Waals surface area contributed by atoms with Crippen molar-refractivity contribution in [2.75, 3.05) is 0 Å². The summed E-state index contributed by atoms with van der Waals surface area (Å²) in [5.74, 6) is 0. The first-order valence-electron chi connectivity index (χ1n) is 5.16. The molecule has 14 heavy (non-hydrogen) atoms. The van der Waals surface area contributed by atoms with Gasteiger partial charge in [-0.3, -0.25) is 0 Å². The third-order valence-corrected chi connectivity index (χ3v) is 2.68. The average molecular weight is 192 g/mol. The molecule has 0 spiro atoms. The second-order valence-corrected chi connectivity index (χ2v) is 5.81. The lowest BCUT2D eigenvalue weighted by atomic mass is 9.65. The molecule has 0 heterocycles. The van der Waals surface area contributed by atoms with Gasteiger partial charge in [-0.15, -0.1) is 0 Å². The molecule has 0 aromatic rings. The number of rotatable bonds is 5. The Morgan fingerprint density at radius 1 is 1.07 bits per heavy atom. The normalized spacial score (nSPS) is 12.6. The average Bonchev–Trinajstić information content (AvgIpc) is 1.79. The summed E-state index contributed by atoms with van der Waals surface area (Å²) in [4.78, 5) is 0. The van der Waals surface area contributed by atoms with Crippen LogP contribution in [0.25, 0.3) is 0 Å². The van der Waals surface area contributed by atoms with E-state index in [-0.39, 0.29) is 10.8 Å². The molecule has 78 valence electrons. The van der Waals surface area contributed by atoms with Crippen molar-refractivity contribution in [1.82, 2.24) is 0 Å². The highest BCUT2D eigenvalue weighted by atomic mass is 14.5. The van der Waals surface area contributed by atoms with E-state index in [9.17, 15) is 0 Å². The lowest BCUT2D eigenvalue weighted by Crippen LogP contribution is -2.31. The van der Waals surface area contributed by atoms with E-state index in [0.29, 0.717) is 0 Å². The highest BCUT2D eigenvalue weighted by Crippen LogP contribution is 2.36. The maximum atomic E-state index is 7.71. The van der Waals surface area contributed by atoms with Gasteiger partial charge >= 0.3 is 0 Å². The van der Waals surface area contributed by atoms with Gasteiger partial charge in [-0.05, 0) is 34.9 Å². The molecule has 0 unspecified atom stereocenters. The van der Waals surface area contributed by atoms with Crippen LogP contribution in [0.3, 0.4) is 0 Å². The summed E-state index contributed by atoms with van der Waals surface area (Å²) in [6, 6.07) is 0. The first-order valence-corrected chi connectivity index (χ1v) is 5.16. The Balaban J connectivity index is 4.49. The molecule has 0 saturated heterocycles. The molecule has 0 rings (SSSR count). The van der Waals surface area contributed by atoms with Crippen LogP contribution in [0.5, 0.6) is 0 Å². The molecule has 0 amide bonds. The molecule has 0 saturated carbocycles. The molecular weight excluding hydrogens is 170 g/mol. The van der Waals surface area contributed by atoms with Crippen LogP contribution in [0.1, 0.15) is 40.5 Å². The molecule has 0 aromatic carbocycles. The monoisotopic (exact) mass is 192 g/mol. The lowest BCUT2D eigenvalue weighted by Gasteiger charge is -2.35. The van der Waals surface area contributed by atoms with Crippen LogP contribution in [0.2, 0.25) is 0 Å². The quantitative estimate of drug-likeness (QED) is 0.482. The van der Waals surface area contributed by atoms with Crippen molar-refractivity contribution >= 4 is 26.9 Å². The van der Waals surface area contributed by atoms with Crippen molar-refractivity contribution in [2.24, 2.45) is 10.8 Å². The summed E-state index contributed by atoms with van der Waals surface area (Å²) < 4.78 is 0. The van der Waals surface area contributed by atoms with Gasteiger partial charge in [-0.2, -0.15) is 0 Å². The molecule has 0 aliphatic carbocycles. The highest BCUT2D eigenvalue weighted by molar-refractivity contribution is 6.60. The summed E-state index contributed by atoms with van der Waals surface area (Å²) in [6.45, 7) is 8.57. The molecule has 4 heteroatoms. The van der Waals surface area contributed by atoms with Crippen LogP contribution in [0, 0.1) is 21.6 Å². The summed E-state index contributed by atoms with van der Waals surface area (Å²) in [6.07, 6.45) is 1.79. The fourth-order valence-corrected chi connectivity index (χ4v) is 2.11. The van der Waals surface area contributed by atoms with E-state index in [4.69, 9.17) is 10.8 Å². The van der Waals surface area contributed by atoms with Crippen molar-refractivity contribution in [2.45, 2.75) is 40.5 Å². The molecule has 0 atom stereocenters. The van der Waals surface area contributed by atoms with Crippen molar-refractivity contribution in [3.8, 4) is 0 Å². The summed E-state index contributed by atoms with van der Waals surface area (Å²) in [7, 11) is 3.72. The zero-order chi connectivity index (χ0) is 11.6. The molecule has 0 bridgehead atoms. The Hall–Kier alpha value is -0.530. The molecule has 0 aromatic heterocycles. The van der Waals surface area contributed by atoms with Gasteiger partial charge in [0.25, 0.3) is 0 Å². The third-order valence-electron chi connectivity index (χ3n) is 2.68. The van der Waals surface area contributed by atoms with Gasteiger partial charge in [0.05, 0.1) is 0 Å². The van der Waals surface area contributed by atoms with E-state index in [1.165, 1.54) is 0 Å². The minimum absolute atomic E-state index is 0.0427. The van der Waals surface area contributed by atoms with Crippen molar-refractivity contribution < 1.29 is 0 Å². The number of hydrogen-bond acceptors (Lipinski definition) is 2. The summed E-state index contributed by atoms with van der Waals surface area (Å²) in [5.41, 5.74) is 1.54. The van der Waals surface area contributed by atoms with Gasteiger partial charge in [0, 0.05) is 0 Å². The summed E-state index contributed by atoms with van der Waals surface area (Å²) in [5, 5.41) is 15.2. The SMILES string of the molecule is BC(=N)CC(C)(C)CC(C)(C)C(B)=N. The molecule has 0 aliphatic rings. The van der Waals surface area contributed by atoms with Crippen LogP contribution in [0.15, 0.2) is 0 Å². The maximum absolute atomic E-state index is 7.71. The first-order chi connectivity index (χ1) is 6.07. The Kier molecular flexibility index (Phi) is 4.16. The van der Waals surface area contributed by atoms with E-state index in [0.717, 1.165) is 24.1 Å². The van der Waals surface area contributed by atoms with Gasteiger partial charge in [-0.1, -0.05) is 27.7 Å². The largest absolute Gasteiger partial charge is 0.320 e. The predicted octanol–water partition coefficient (Wildman–Crippen LogP) is 1.04. The fourth-order valence-electron chi connectivity index (χ4n) is 2.11. The van der Waals surface area contributed by atoms with E-state index >= 15 is 0 Å². The first kappa shape index (κ1) is 13.5. The zero-order valence-electron chi connectivity index (χ0n) is 10.4. The Morgan fingerprint density at radius 2 is 1.50 bits per heavy atom. The van der Waals surface area contributed by atoms with Crippen LogP contribution in [-0.2, 0) is 0 Å². The van der Waals surface area contributed by atoms with Crippen LogP contribution in [-0.4, -0.2) is 26.9 Å². The fraction of sp³-hybridized carbons (Fsp3) is 0.800. The zero-order valence-corrected chi connectivity index (χ0v) is 10.4. The van der Waals surface area contributed by atoms with E-state index in [1.807, 2.05) is 15.7 Å². The number of hydrogen-bond donors (Lipinski definition) is 2. The topological polar surface area (TPSA) is 47.7 Å². The maximum Gasteiger partial charge on any atom is 0.158 e. The summed E-state index contributed by atoms with van der Waals surface area (Å²) >= 11 is 0. The van der Waals surface area contributed by atoms with E-state index < -0.39 is 0 Å². The Bertz CT molecular complexity index is 245. The third kappa shape index (κ3) is 4.64. The van der Waals surface area contributed by atoms with E-state index in [1.54, 1.807) is 0 Å². The molecule has 2 nitrogen and oxygen atoms in total. The second kappa shape index (κ2) is 4.33. The predicted molar refractivity (Wildman–Crippen MR) is 69.3 cm³/mol. The van der Waals surface area contributed by atoms with Crippen molar-refractivity contribution in [3.05, 3.63) is 0 Å². The minimum atomic E-state index is -0.0427. The minimum Gasteiger partial charge on any atom is -0.320 e. The lowest BCUT2D eigenvalue weighted by molar-refractivity contribution is 0.263. The molecule has 0 fully saturated rings. The standard InChI is InChI=1S/C10H22B2N2/c1-9(2,5-7(11)13)6-10(3,4)8(12)14/h13-14H,5-6,11-12H2,1-4H3. The van der Waals surface area contributed by atoms with Gasteiger partial charge < -0.3 is 10.8 Å². The molecule has 2 N–H and O–H groups in total. The van der Waals surface area contributed by atoms with Gasteiger partial charge in [0.2, 0.25) is 0 Å². The number of nitrogens with one attached hydrogen (secondary N) is 2. The van der Waals surface area contributed by atoms with Crippen LogP contribution < -0.4 is 0 Å². The van der Waals surface area contributed by atoms with Crippen LogP contribution >= 0.6 is 0 Å². The highest BCUT2D eigenvalue weighted by Gasteiger charge is 2.30. The molecular formula is C10H22B2N2. The smallest absolute Gasteiger partial charge is 0.158 e. The molecule has 0 aliphatic heterocycles. The Labute approximate surface area is 89.7 Å². The second-order valence-electron chi connectivity index (χ2n) is 5.81. The molecule has 0 radical (unpaired) electrons. The van der Waals surface area contributed by atoms with Gasteiger partial charge in [0.15, 0.2) is 15.7 Å². The van der Waals surface area contributed by atoms with E-state index in [2.05, 4.69) is 27.7 Å². The van der Waals surface area contributed by atoms with Crippen molar-refractivity contribution in [1.29, 1.82) is 10.8 Å². The van der Waals surface area contributed by atoms with Gasteiger partial charge in [0.1, 0.15) is 0 Å². The van der Waals surface area contributed by atoms with Gasteiger partial charge in [-0.25, -0.2) is 0 Å².